The Bertz CT molecular complexity index is 268. The number of urea groups is 1. The van der Waals surface area contributed by atoms with Gasteiger partial charge < -0.3 is 9.80 Å². The maximum absolute atomic E-state index is 12.2. The van der Waals surface area contributed by atoms with Crippen LogP contribution in [-0.4, -0.2) is 42.0 Å². The molecule has 0 spiro atoms. The molecule has 0 aromatic rings. The predicted molar refractivity (Wildman–Crippen MR) is 70.0 cm³/mol. The van der Waals surface area contributed by atoms with Gasteiger partial charge in [-0.15, -0.1) is 0 Å². The molecule has 0 unspecified atom stereocenters. The molecule has 98 valence electrons. The first-order chi connectivity index (χ1) is 7.98. The Morgan fingerprint density at radius 1 is 0.941 bits per heavy atom. The third kappa shape index (κ3) is 2.93. The van der Waals surface area contributed by atoms with Crippen molar-refractivity contribution in [3.8, 4) is 0 Å². The maximum Gasteiger partial charge on any atom is 0.319 e. The Hall–Kier alpha value is -0.730. The van der Waals surface area contributed by atoms with Crippen molar-refractivity contribution in [2.24, 2.45) is 11.3 Å². The number of hydrogen-bond acceptors (Lipinski definition) is 1. The van der Waals surface area contributed by atoms with Crippen molar-refractivity contribution < 1.29 is 4.79 Å². The first-order valence-electron chi connectivity index (χ1n) is 7.02. The fourth-order valence-electron chi connectivity index (χ4n) is 3.05. The van der Waals surface area contributed by atoms with Crippen LogP contribution in [-0.2, 0) is 0 Å². The monoisotopic (exact) mass is 238 g/mol. The summed E-state index contributed by atoms with van der Waals surface area (Å²) in [4.78, 5) is 16.3. The second-order valence-electron chi connectivity index (χ2n) is 6.60. The lowest BCUT2D eigenvalue weighted by atomic mass is 9.75. The lowest BCUT2D eigenvalue weighted by Crippen LogP contribution is -2.47. The molecule has 2 heterocycles. The van der Waals surface area contributed by atoms with E-state index in [1.165, 1.54) is 25.7 Å². The highest BCUT2D eigenvalue weighted by molar-refractivity contribution is 5.74. The summed E-state index contributed by atoms with van der Waals surface area (Å²) < 4.78 is 0. The first-order valence-corrected chi connectivity index (χ1v) is 7.02. The van der Waals surface area contributed by atoms with Crippen LogP contribution in [0.4, 0.5) is 4.79 Å². The standard InChI is InChI=1S/C14H26N2O/c1-14(2,3)12-6-10-16(11-7-12)13(17)15-8-4-5-9-15/h12H,4-11H2,1-3H3. The zero-order valence-electron chi connectivity index (χ0n) is 11.5. The number of carbonyl (C=O) groups excluding carboxylic acids is 1. The van der Waals surface area contributed by atoms with Crippen LogP contribution in [0.5, 0.6) is 0 Å². The van der Waals surface area contributed by atoms with Crippen molar-refractivity contribution in [3.63, 3.8) is 0 Å². The molecule has 3 nitrogen and oxygen atoms in total. The van der Waals surface area contributed by atoms with Gasteiger partial charge in [0.1, 0.15) is 0 Å². The van der Waals surface area contributed by atoms with Crippen molar-refractivity contribution >= 4 is 6.03 Å². The number of rotatable bonds is 0. The molecular weight excluding hydrogens is 212 g/mol. The van der Waals surface area contributed by atoms with E-state index in [2.05, 4.69) is 25.7 Å². The van der Waals surface area contributed by atoms with E-state index < -0.39 is 0 Å². The van der Waals surface area contributed by atoms with Crippen LogP contribution in [0.3, 0.4) is 0 Å². The van der Waals surface area contributed by atoms with Crippen LogP contribution in [0, 0.1) is 11.3 Å². The fourth-order valence-corrected chi connectivity index (χ4v) is 3.05. The highest BCUT2D eigenvalue weighted by Crippen LogP contribution is 2.34. The molecule has 2 fully saturated rings. The van der Waals surface area contributed by atoms with E-state index in [9.17, 15) is 4.79 Å². The highest BCUT2D eigenvalue weighted by atomic mass is 16.2. The van der Waals surface area contributed by atoms with Gasteiger partial charge in [0.15, 0.2) is 0 Å². The van der Waals surface area contributed by atoms with E-state index in [1.807, 2.05) is 4.90 Å². The maximum atomic E-state index is 12.2. The molecule has 0 bridgehead atoms. The van der Waals surface area contributed by atoms with Gasteiger partial charge in [0.05, 0.1) is 0 Å². The van der Waals surface area contributed by atoms with Crippen LogP contribution in [0.25, 0.3) is 0 Å². The van der Waals surface area contributed by atoms with Gasteiger partial charge in [0, 0.05) is 26.2 Å². The summed E-state index contributed by atoms with van der Waals surface area (Å²) in [5, 5.41) is 0. The predicted octanol–water partition coefficient (Wildman–Crippen LogP) is 2.96. The molecule has 2 aliphatic rings. The average molecular weight is 238 g/mol. The fraction of sp³-hybridized carbons (Fsp3) is 0.929. The molecule has 2 saturated heterocycles. The minimum absolute atomic E-state index is 0.287. The summed E-state index contributed by atoms with van der Waals surface area (Å²) in [5.74, 6) is 0.769. The van der Waals surface area contributed by atoms with Crippen molar-refractivity contribution in [3.05, 3.63) is 0 Å². The van der Waals surface area contributed by atoms with Gasteiger partial charge in [0.2, 0.25) is 0 Å². The Balaban J connectivity index is 1.84. The quantitative estimate of drug-likeness (QED) is 0.636. The van der Waals surface area contributed by atoms with Gasteiger partial charge in [-0.3, -0.25) is 0 Å². The Labute approximate surface area is 105 Å². The first kappa shape index (κ1) is 12.7. The van der Waals surface area contributed by atoms with Crippen LogP contribution in [0.2, 0.25) is 0 Å². The lowest BCUT2D eigenvalue weighted by molar-refractivity contribution is 0.106. The molecule has 0 aromatic carbocycles. The molecule has 2 aliphatic heterocycles. The minimum Gasteiger partial charge on any atom is -0.325 e. The largest absolute Gasteiger partial charge is 0.325 e. The molecule has 2 amide bonds. The zero-order valence-corrected chi connectivity index (χ0v) is 11.5. The number of amides is 2. The summed E-state index contributed by atoms with van der Waals surface area (Å²) in [6.07, 6.45) is 4.71. The third-order valence-electron chi connectivity index (χ3n) is 4.37. The topological polar surface area (TPSA) is 23.6 Å². The summed E-state index contributed by atoms with van der Waals surface area (Å²) in [7, 11) is 0. The van der Waals surface area contributed by atoms with Crippen molar-refractivity contribution in [2.45, 2.75) is 46.5 Å². The molecule has 2 rings (SSSR count). The van der Waals surface area contributed by atoms with Crippen LogP contribution in [0.15, 0.2) is 0 Å². The third-order valence-corrected chi connectivity index (χ3v) is 4.37. The smallest absolute Gasteiger partial charge is 0.319 e. The molecular formula is C14H26N2O. The van der Waals surface area contributed by atoms with Gasteiger partial charge in [-0.25, -0.2) is 4.79 Å². The average Bonchev–Trinajstić information content (AvgIpc) is 2.80. The second kappa shape index (κ2) is 4.87. The zero-order chi connectivity index (χ0) is 12.5. The number of hydrogen-bond donors (Lipinski definition) is 0. The molecule has 17 heavy (non-hydrogen) atoms. The van der Waals surface area contributed by atoms with E-state index in [4.69, 9.17) is 0 Å². The van der Waals surface area contributed by atoms with Gasteiger partial charge in [-0.1, -0.05) is 20.8 Å². The van der Waals surface area contributed by atoms with E-state index in [0.29, 0.717) is 5.41 Å². The number of nitrogens with zero attached hydrogens (tertiary/aromatic N) is 2. The van der Waals surface area contributed by atoms with Crippen molar-refractivity contribution in [1.82, 2.24) is 9.80 Å². The molecule has 0 N–H and O–H groups in total. The highest BCUT2D eigenvalue weighted by Gasteiger charge is 2.32. The van der Waals surface area contributed by atoms with E-state index in [0.717, 1.165) is 32.1 Å². The SMILES string of the molecule is CC(C)(C)C1CCN(C(=O)N2CCCC2)CC1. The van der Waals surface area contributed by atoms with Crippen LogP contribution < -0.4 is 0 Å². The molecule has 3 heteroatoms. The summed E-state index contributed by atoms with van der Waals surface area (Å²) >= 11 is 0. The lowest BCUT2D eigenvalue weighted by Gasteiger charge is -2.39. The van der Waals surface area contributed by atoms with Crippen molar-refractivity contribution in [2.75, 3.05) is 26.2 Å². The molecule has 0 radical (unpaired) electrons. The number of piperidine rings is 1. The van der Waals surface area contributed by atoms with E-state index >= 15 is 0 Å². The molecule has 0 aromatic heterocycles. The number of carbonyl (C=O) groups is 1. The Morgan fingerprint density at radius 3 is 1.88 bits per heavy atom. The summed E-state index contributed by atoms with van der Waals surface area (Å²) in [5.41, 5.74) is 0.392. The van der Waals surface area contributed by atoms with Crippen LogP contribution >= 0.6 is 0 Å². The van der Waals surface area contributed by atoms with Gasteiger partial charge in [0.25, 0.3) is 0 Å². The van der Waals surface area contributed by atoms with Crippen LogP contribution in [0.1, 0.15) is 46.5 Å². The normalized spacial score (nSPS) is 23.2. The van der Waals surface area contributed by atoms with Crippen molar-refractivity contribution in [1.29, 1.82) is 0 Å². The van der Waals surface area contributed by atoms with Gasteiger partial charge in [-0.05, 0) is 37.0 Å². The Morgan fingerprint density at radius 2 is 1.41 bits per heavy atom. The minimum atomic E-state index is 0.287. The molecule has 0 atom stereocenters. The summed E-state index contributed by atoms with van der Waals surface area (Å²) in [6.45, 7) is 10.8. The van der Waals surface area contributed by atoms with Gasteiger partial charge >= 0.3 is 6.03 Å². The second-order valence-corrected chi connectivity index (χ2v) is 6.60. The van der Waals surface area contributed by atoms with E-state index in [1.54, 1.807) is 0 Å². The number of likely N-dealkylation sites (tertiary alicyclic amines) is 2. The Kier molecular flexibility index (Phi) is 3.64. The van der Waals surface area contributed by atoms with E-state index in [-0.39, 0.29) is 6.03 Å². The van der Waals surface area contributed by atoms with Gasteiger partial charge in [-0.2, -0.15) is 0 Å². The summed E-state index contributed by atoms with van der Waals surface area (Å²) in [6, 6.07) is 0.287. The molecule has 0 aliphatic carbocycles. The molecule has 0 saturated carbocycles.